The van der Waals surface area contributed by atoms with Gasteiger partial charge in [0.2, 0.25) is 5.91 Å². The molecule has 0 aliphatic heterocycles. The lowest BCUT2D eigenvalue weighted by Gasteiger charge is -2.18. The first-order chi connectivity index (χ1) is 12.7. The van der Waals surface area contributed by atoms with Crippen LogP contribution in [0.15, 0.2) is 29.4 Å². The number of hydrogen-bond donors (Lipinski definition) is 2. The van der Waals surface area contributed by atoms with Crippen molar-refractivity contribution in [3.63, 3.8) is 0 Å². The number of ether oxygens (including phenoxy) is 2. The molecule has 8 nitrogen and oxygen atoms in total. The van der Waals surface area contributed by atoms with Crippen molar-refractivity contribution in [3.8, 4) is 0 Å². The van der Waals surface area contributed by atoms with Gasteiger partial charge in [-0.05, 0) is 18.6 Å². The minimum Gasteiger partial charge on any atom is -0.382 e. The number of hydrogen-bond acceptors (Lipinski definition) is 5. The maximum Gasteiger partial charge on any atom is 0.241 e. The summed E-state index contributed by atoms with van der Waals surface area (Å²) in [6.45, 7) is 3.40. The Morgan fingerprint density at radius 1 is 1.27 bits per heavy atom. The summed E-state index contributed by atoms with van der Waals surface area (Å²) >= 11 is 0. The summed E-state index contributed by atoms with van der Waals surface area (Å²) in [7, 11) is 5.12. The SMILES string of the molecule is CN=C(NCCCOCCOC)NCC(=O)N(C)CCc1ccccn1. The van der Waals surface area contributed by atoms with Crippen molar-refractivity contribution in [2.75, 3.05) is 60.7 Å². The van der Waals surface area contributed by atoms with Crippen LogP contribution in [0.5, 0.6) is 0 Å². The fraction of sp³-hybridized carbons (Fsp3) is 0.611. The summed E-state index contributed by atoms with van der Waals surface area (Å²) in [6.07, 6.45) is 3.35. The summed E-state index contributed by atoms with van der Waals surface area (Å²) in [5.41, 5.74) is 0.977. The van der Waals surface area contributed by atoms with E-state index in [-0.39, 0.29) is 12.5 Å². The van der Waals surface area contributed by atoms with Gasteiger partial charge in [0.25, 0.3) is 0 Å². The molecule has 0 fully saturated rings. The number of pyridine rings is 1. The van der Waals surface area contributed by atoms with E-state index in [9.17, 15) is 4.79 Å². The summed E-state index contributed by atoms with van der Waals surface area (Å²) < 4.78 is 10.3. The van der Waals surface area contributed by atoms with Gasteiger partial charge in [-0.1, -0.05) is 6.07 Å². The largest absolute Gasteiger partial charge is 0.382 e. The molecule has 1 aromatic rings. The normalized spacial score (nSPS) is 11.3. The van der Waals surface area contributed by atoms with E-state index in [0.29, 0.717) is 32.3 Å². The molecule has 0 aliphatic carbocycles. The molecular formula is C18H31N5O3. The van der Waals surface area contributed by atoms with E-state index in [2.05, 4.69) is 20.6 Å². The Morgan fingerprint density at radius 2 is 2.12 bits per heavy atom. The highest BCUT2D eigenvalue weighted by Gasteiger charge is 2.09. The summed E-state index contributed by atoms with van der Waals surface area (Å²) in [4.78, 5) is 22.3. The second kappa shape index (κ2) is 14.0. The third-order valence-corrected chi connectivity index (χ3v) is 3.68. The van der Waals surface area contributed by atoms with Crippen LogP contribution in [0.2, 0.25) is 0 Å². The fourth-order valence-corrected chi connectivity index (χ4v) is 2.09. The van der Waals surface area contributed by atoms with Crippen molar-refractivity contribution in [1.82, 2.24) is 20.5 Å². The average molecular weight is 365 g/mol. The second-order valence-corrected chi connectivity index (χ2v) is 5.70. The van der Waals surface area contributed by atoms with Gasteiger partial charge in [-0.2, -0.15) is 0 Å². The van der Waals surface area contributed by atoms with Crippen LogP contribution >= 0.6 is 0 Å². The zero-order valence-electron chi connectivity index (χ0n) is 16.0. The van der Waals surface area contributed by atoms with Gasteiger partial charge >= 0.3 is 0 Å². The Balaban J connectivity index is 2.16. The van der Waals surface area contributed by atoms with E-state index in [1.54, 1.807) is 32.3 Å². The molecule has 0 atom stereocenters. The number of nitrogens with zero attached hydrogens (tertiary/aromatic N) is 3. The summed E-state index contributed by atoms with van der Waals surface area (Å²) in [5.74, 6) is 0.611. The number of methoxy groups -OCH3 is 1. The Morgan fingerprint density at radius 3 is 2.81 bits per heavy atom. The zero-order valence-corrected chi connectivity index (χ0v) is 16.0. The molecule has 0 saturated heterocycles. The molecule has 0 bridgehead atoms. The third kappa shape index (κ3) is 9.95. The Kier molecular flexibility index (Phi) is 11.8. The lowest BCUT2D eigenvalue weighted by molar-refractivity contribution is -0.128. The molecule has 1 rings (SSSR count). The minimum atomic E-state index is 0.00628. The van der Waals surface area contributed by atoms with Crippen molar-refractivity contribution in [2.45, 2.75) is 12.8 Å². The van der Waals surface area contributed by atoms with E-state index in [4.69, 9.17) is 9.47 Å². The standard InChI is InChI=1S/C18H31N5O3/c1-19-18(21-10-6-12-26-14-13-25-3)22-15-17(24)23(2)11-8-16-7-4-5-9-20-16/h4-5,7,9H,6,8,10-15H2,1-3H3,(H2,19,21,22). The Hall–Kier alpha value is -2.19. The maximum absolute atomic E-state index is 12.2. The number of likely N-dealkylation sites (N-methyl/N-ethyl adjacent to an activating group) is 1. The molecule has 0 unspecified atom stereocenters. The number of amides is 1. The summed E-state index contributed by atoms with van der Waals surface area (Å²) in [6, 6.07) is 5.79. The number of rotatable bonds is 12. The monoisotopic (exact) mass is 365 g/mol. The molecule has 0 saturated carbocycles. The molecule has 1 amide bonds. The molecule has 2 N–H and O–H groups in total. The topological polar surface area (TPSA) is 88.1 Å². The molecule has 0 radical (unpaired) electrons. The van der Waals surface area contributed by atoms with Gasteiger partial charge in [-0.3, -0.25) is 14.8 Å². The molecule has 1 aromatic heterocycles. The highest BCUT2D eigenvalue weighted by atomic mass is 16.5. The van der Waals surface area contributed by atoms with E-state index in [0.717, 1.165) is 25.1 Å². The van der Waals surface area contributed by atoms with Crippen molar-refractivity contribution >= 4 is 11.9 Å². The van der Waals surface area contributed by atoms with Crippen molar-refractivity contribution < 1.29 is 14.3 Å². The first kappa shape index (κ1) is 21.9. The first-order valence-electron chi connectivity index (χ1n) is 8.82. The predicted molar refractivity (Wildman–Crippen MR) is 102 cm³/mol. The Bertz CT molecular complexity index is 525. The highest BCUT2D eigenvalue weighted by Crippen LogP contribution is 1.96. The van der Waals surface area contributed by atoms with Gasteiger partial charge in [-0.15, -0.1) is 0 Å². The Labute approximate surface area is 156 Å². The minimum absolute atomic E-state index is 0.00628. The van der Waals surface area contributed by atoms with Crippen LogP contribution in [0.3, 0.4) is 0 Å². The van der Waals surface area contributed by atoms with Gasteiger partial charge in [-0.25, -0.2) is 0 Å². The number of carbonyl (C=O) groups is 1. The molecule has 146 valence electrons. The van der Waals surface area contributed by atoms with Crippen LogP contribution in [0, 0.1) is 0 Å². The van der Waals surface area contributed by atoms with Crippen molar-refractivity contribution in [1.29, 1.82) is 0 Å². The maximum atomic E-state index is 12.2. The van der Waals surface area contributed by atoms with E-state index >= 15 is 0 Å². The third-order valence-electron chi connectivity index (χ3n) is 3.68. The van der Waals surface area contributed by atoms with E-state index in [1.165, 1.54) is 0 Å². The quantitative estimate of drug-likeness (QED) is 0.315. The molecule has 26 heavy (non-hydrogen) atoms. The van der Waals surface area contributed by atoms with Gasteiger partial charge in [0.1, 0.15) is 0 Å². The van der Waals surface area contributed by atoms with Crippen molar-refractivity contribution in [3.05, 3.63) is 30.1 Å². The molecule has 0 spiro atoms. The van der Waals surface area contributed by atoms with Crippen LogP contribution in [0.25, 0.3) is 0 Å². The fourth-order valence-electron chi connectivity index (χ4n) is 2.09. The molecule has 8 heteroatoms. The van der Waals surface area contributed by atoms with E-state index in [1.807, 2.05) is 18.2 Å². The highest BCUT2D eigenvalue weighted by molar-refractivity contribution is 5.86. The molecular weight excluding hydrogens is 334 g/mol. The number of aliphatic imine (C=N–C) groups is 1. The predicted octanol–water partition coefficient (Wildman–Crippen LogP) is 0.301. The van der Waals surface area contributed by atoms with E-state index < -0.39 is 0 Å². The lowest BCUT2D eigenvalue weighted by atomic mass is 10.2. The van der Waals surface area contributed by atoms with Crippen LogP contribution in [-0.2, 0) is 20.7 Å². The number of nitrogens with one attached hydrogen (secondary N) is 2. The van der Waals surface area contributed by atoms with Gasteiger partial charge in [0.05, 0.1) is 19.8 Å². The van der Waals surface area contributed by atoms with Crippen LogP contribution in [0.1, 0.15) is 12.1 Å². The number of carbonyl (C=O) groups excluding carboxylic acids is 1. The molecule has 1 heterocycles. The smallest absolute Gasteiger partial charge is 0.241 e. The van der Waals surface area contributed by atoms with Crippen LogP contribution in [0.4, 0.5) is 0 Å². The molecule has 0 aliphatic rings. The molecule has 0 aromatic carbocycles. The first-order valence-corrected chi connectivity index (χ1v) is 8.82. The zero-order chi connectivity index (χ0) is 19.0. The summed E-state index contributed by atoms with van der Waals surface area (Å²) in [5, 5.41) is 6.19. The van der Waals surface area contributed by atoms with Gasteiger partial charge in [0.15, 0.2) is 5.96 Å². The van der Waals surface area contributed by atoms with Crippen LogP contribution < -0.4 is 10.6 Å². The van der Waals surface area contributed by atoms with Crippen LogP contribution in [-0.4, -0.2) is 82.4 Å². The van der Waals surface area contributed by atoms with Crippen molar-refractivity contribution in [2.24, 2.45) is 4.99 Å². The average Bonchev–Trinajstić information content (AvgIpc) is 2.68. The number of guanidine groups is 1. The van der Waals surface area contributed by atoms with Gasteiger partial charge < -0.3 is 25.0 Å². The lowest BCUT2D eigenvalue weighted by Crippen LogP contribution is -2.44. The number of aromatic nitrogens is 1. The second-order valence-electron chi connectivity index (χ2n) is 5.70. The van der Waals surface area contributed by atoms with Gasteiger partial charge in [0, 0.05) is 59.2 Å².